The summed E-state index contributed by atoms with van der Waals surface area (Å²) in [4.78, 5) is 19.7. The number of aryl methyl sites for hydroxylation is 2. The standard InChI is InChI=1S/C31H40N4O5S/c1-21-16-27(39-4)17-22(2)29(21)41(37,38)35(26-6-5-7-26)19-28-18-25(20-40-28)31(36)34(3)15-12-23-8-10-24(11-9-23)30-32-13-14-33-30/h8-10,16-18,20,24,26H,5-7,11-15,19H2,1-4H3,(H,32,33). The number of hydrogen-bond acceptors (Lipinski definition) is 7. The van der Waals surface area contributed by atoms with E-state index in [2.05, 4.69) is 28.5 Å². The third kappa shape index (κ3) is 6.28. The first-order chi connectivity index (χ1) is 19.7. The molecule has 2 aromatic rings. The summed E-state index contributed by atoms with van der Waals surface area (Å²) in [6.07, 6.45) is 12.2. The number of hydrogen-bond donors (Lipinski definition) is 1. The number of carbonyl (C=O) groups excluding carboxylic acids is 1. The average molecular weight is 581 g/mol. The molecule has 1 aromatic carbocycles. The summed E-state index contributed by atoms with van der Waals surface area (Å²) in [6, 6.07) is 5.07. The van der Waals surface area contributed by atoms with Gasteiger partial charge in [-0.25, -0.2) is 8.42 Å². The van der Waals surface area contributed by atoms with Crippen LogP contribution in [0.3, 0.4) is 0 Å². The van der Waals surface area contributed by atoms with Gasteiger partial charge >= 0.3 is 0 Å². The lowest BCUT2D eigenvalue weighted by Crippen LogP contribution is -2.44. The molecule has 2 aliphatic carbocycles. The number of sulfonamides is 1. The predicted molar refractivity (Wildman–Crippen MR) is 159 cm³/mol. The number of benzene rings is 1. The van der Waals surface area contributed by atoms with Crippen molar-refractivity contribution in [3.63, 3.8) is 0 Å². The molecule has 9 nitrogen and oxygen atoms in total. The molecular weight excluding hydrogens is 540 g/mol. The van der Waals surface area contributed by atoms with Crippen LogP contribution < -0.4 is 10.1 Å². The number of rotatable bonds is 11. The lowest BCUT2D eigenvalue weighted by molar-refractivity contribution is 0.0796. The van der Waals surface area contributed by atoms with Gasteiger partial charge in [-0.1, -0.05) is 30.2 Å². The molecule has 10 heteroatoms. The van der Waals surface area contributed by atoms with Crippen LogP contribution in [-0.2, 0) is 16.6 Å². The smallest absolute Gasteiger partial charge is 0.256 e. The minimum atomic E-state index is -3.81. The summed E-state index contributed by atoms with van der Waals surface area (Å²) >= 11 is 0. The minimum Gasteiger partial charge on any atom is -0.497 e. The molecule has 41 heavy (non-hydrogen) atoms. The number of nitrogens with one attached hydrogen (secondary N) is 1. The van der Waals surface area contributed by atoms with Gasteiger partial charge in [0.05, 0.1) is 30.7 Å². The van der Waals surface area contributed by atoms with Gasteiger partial charge in [-0.3, -0.25) is 9.79 Å². The summed E-state index contributed by atoms with van der Waals surface area (Å²) in [5.41, 5.74) is 2.91. The fourth-order valence-corrected chi connectivity index (χ4v) is 7.77. The first-order valence-corrected chi connectivity index (χ1v) is 15.8. The van der Waals surface area contributed by atoms with Crippen molar-refractivity contribution in [2.45, 2.75) is 63.4 Å². The minimum absolute atomic E-state index is 0.0773. The number of furan rings is 1. The van der Waals surface area contributed by atoms with E-state index >= 15 is 0 Å². The van der Waals surface area contributed by atoms with Gasteiger partial charge in [-0.15, -0.1) is 0 Å². The first kappa shape index (κ1) is 29.1. The highest BCUT2D eigenvalue weighted by Gasteiger charge is 2.37. The molecule has 1 aliphatic heterocycles. The molecule has 1 unspecified atom stereocenters. The van der Waals surface area contributed by atoms with Crippen LogP contribution in [-0.4, -0.2) is 69.2 Å². The van der Waals surface area contributed by atoms with E-state index < -0.39 is 10.0 Å². The van der Waals surface area contributed by atoms with Gasteiger partial charge in [-0.05, 0) is 68.9 Å². The topological polar surface area (TPSA) is 104 Å². The van der Waals surface area contributed by atoms with Crippen LogP contribution in [0.25, 0.3) is 0 Å². The first-order valence-electron chi connectivity index (χ1n) is 14.3. The van der Waals surface area contributed by atoms with Crippen LogP contribution in [0.2, 0.25) is 0 Å². The second kappa shape index (κ2) is 12.2. The van der Waals surface area contributed by atoms with E-state index in [1.807, 2.05) is 0 Å². The van der Waals surface area contributed by atoms with Crippen LogP contribution in [0.15, 0.2) is 62.6 Å². The molecule has 1 N–H and O–H groups in total. The van der Waals surface area contributed by atoms with Crippen molar-refractivity contribution < 1.29 is 22.4 Å². The maximum Gasteiger partial charge on any atom is 0.256 e. The number of amidine groups is 1. The zero-order valence-corrected chi connectivity index (χ0v) is 25.2. The largest absolute Gasteiger partial charge is 0.497 e. The molecule has 1 saturated carbocycles. The molecule has 0 bridgehead atoms. The van der Waals surface area contributed by atoms with Crippen LogP contribution in [0.4, 0.5) is 0 Å². The summed E-state index contributed by atoms with van der Waals surface area (Å²) in [5.74, 6) is 2.31. The Morgan fingerprint density at radius 1 is 1.20 bits per heavy atom. The molecule has 0 saturated heterocycles. The summed E-state index contributed by atoms with van der Waals surface area (Å²) in [5, 5.41) is 3.34. The number of aliphatic imine (C=N–C) groups is 1. The maximum atomic E-state index is 13.9. The van der Waals surface area contributed by atoms with Gasteiger partial charge in [0.2, 0.25) is 10.0 Å². The van der Waals surface area contributed by atoms with E-state index in [-0.39, 0.29) is 18.5 Å². The van der Waals surface area contributed by atoms with Gasteiger partial charge in [0.15, 0.2) is 0 Å². The van der Waals surface area contributed by atoms with E-state index in [4.69, 9.17) is 9.15 Å². The molecule has 1 aromatic heterocycles. The van der Waals surface area contributed by atoms with Gasteiger partial charge in [0.1, 0.15) is 23.6 Å². The SMILES string of the molecule is COc1cc(C)c(S(=O)(=O)N(Cc2cc(C(=O)N(C)CCC3=CCC(C4=NCCN4)C=C3)co2)C2CCC2)c(C)c1. The molecule has 1 atom stereocenters. The van der Waals surface area contributed by atoms with Crippen LogP contribution in [0.5, 0.6) is 5.75 Å². The Labute approximate surface area is 243 Å². The Bertz CT molecular complexity index is 1460. The van der Waals surface area contributed by atoms with Crippen molar-refractivity contribution in [1.29, 1.82) is 0 Å². The molecule has 1 amide bonds. The van der Waals surface area contributed by atoms with Crippen LogP contribution in [0, 0.1) is 19.8 Å². The Balaban J connectivity index is 1.23. The third-order valence-electron chi connectivity index (χ3n) is 8.24. The fraction of sp³-hybridized carbons (Fsp3) is 0.484. The Kier molecular flexibility index (Phi) is 8.70. The number of nitrogens with zero attached hydrogens (tertiary/aromatic N) is 3. The highest BCUT2D eigenvalue weighted by Crippen LogP contribution is 2.35. The molecule has 3 aliphatic rings. The number of methoxy groups -OCH3 is 1. The molecule has 2 heterocycles. The van der Waals surface area contributed by atoms with E-state index in [0.717, 1.165) is 51.0 Å². The lowest BCUT2D eigenvalue weighted by Gasteiger charge is -2.36. The Hall–Kier alpha value is -3.37. The molecule has 1 fully saturated rings. The van der Waals surface area contributed by atoms with Crippen LogP contribution >= 0.6 is 0 Å². The quantitative estimate of drug-likeness (QED) is 0.416. The summed E-state index contributed by atoms with van der Waals surface area (Å²) in [7, 11) is -0.455. The van der Waals surface area contributed by atoms with Gasteiger partial charge in [-0.2, -0.15) is 4.31 Å². The maximum absolute atomic E-state index is 13.9. The third-order valence-corrected chi connectivity index (χ3v) is 10.4. The number of ether oxygens (including phenoxy) is 1. The Morgan fingerprint density at radius 2 is 1.95 bits per heavy atom. The summed E-state index contributed by atoms with van der Waals surface area (Å²) < 4.78 is 40.5. The highest BCUT2D eigenvalue weighted by atomic mass is 32.2. The monoisotopic (exact) mass is 580 g/mol. The Morgan fingerprint density at radius 3 is 2.54 bits per heavy atom. The molecule has 5 rings (SSSR count). The van der Waals surface area contributed by atoms with Gasteiger partial charge in [0, 0.05) is 32.1 Å². The van der Waals surface area contributed by atoms with E-state index in [9.17, 15) is 13.2 Å². The second-order valence-electron chi connectivity index (χ2n) is 11.2. The van der Waals surface area contributed by atoms with Crippen molar-refractivity contribution in [1.82, 2.24) is 14.5 Å². The van der Waals surface area contributed by atoms with Crippen molar-refractivity contribution in [2.75, 3.05) is 33.8 Å². The lowest BCUT2D eigenvalue weighted by atomic mass is 9.93. The molecular formula is C31H40N4O5S. The van der Waals surface area contributed by atoms with E-state index in [1.54, 1.807) is 51.1 Å². The van der Waals surface area contributed by atoms with Gasteiger partial charge in [0.25, 0.3) is 5.91 Å². The second-order valence-corrected chi connectivity index (χ2v) is 13.0. The number of allylic oxidation sites excluding steroid dienone is 2. The van der Waals surface area contributed by atoms with Crippen molar-refractivity contribution >= 4 is 21.8 Å². The number of amides is 1. The van der Waals surface area contributed by atoms with Crippen molar-refractivity contribution in [2.24, 2.45) is 10.9 Å². The van der Waals surface area contributed by atoms with Crippen molar-refractivity contribution in [3.8, 4) is 5.75 Å². The van der Waals surface area contributed by atoms with Gasteiger partial charge < -0.3 is 19.4 Å². The zero-order valence-electron chi connectivity index (χ0n) is 24.4. The average Bonchev–Trinajstić information content (AvgIpc) is 3.62. The highest BCUT2D eigenvalue weighted by molar-refractivity contribution is 7.89. The van der Waals surface area contributed by atoms with Crippen molar-refractivity contribution in [3.05, 3.63) is 70.7 Å². The normalized spacial score (nSPS) is 19.0. The van der Waals surface area contributed by atoms with E-state index in [1.165, 1.54) is 16.1 Å². The fourth-order valence-electron chi connectivity index (χ4n) is 5.70. The number of carbonyl (C=O) groups is 1. The predicted octanol–water partition coefficient (Wildman–Crippen LogP) is 4.61. The molecule has 0 radical (unpaired) electrons. The van der Waals surface area contributed by atoms with Crippen LogP contribution in [0.1, 0.15) is 59.3 Å². The summed E-state index contributed by atoms with van der Waals surface area (Å²) in [6.45, 7) is 5.98. The molecule has 0 spiro atoms. The zero-order chi connectivity index (χ0) is 29.1. The molecule has 220 valence electrons. The van der Waals surface area contributed by atoms with E-state index in [0.29, 0.717) is 45.6 Å².